The maximum Gasteiger partial charge on any atom is 0.134 e. The molecule has 0 saturated heterocycles. The number of ether oxygens (including phenoxy) is 1. The van der Waals surface area contributed by atoms with Crippen molar-refractivity contribution < 1.29 is 9.13 Å². The summed E-state index contributed by atoms with van der Waals surface area (Å²) in [6.45, 7) is 1.52. The summed E-state index contributed by atoms with van der Waals surface area (Å²) in [7, 11) is 0. The molecule has 0 unspecified atom stereocenters. The minimum atomic E-state index is -0.331. The normalized spacial score (nSPS) is 10.2. The van der Waals surface area contributed by atoms with Gasteiger partial charge in [0.05, 0.1) is 12.7 Å². The van der Waals surface area contributed by atoms with E-state index in [9.17, 15) is 4.39 Å². The summed E-state index contributed by atoms with van der Waals surface area (Å²) in [5, 5.41) is 4.16. The number of rotatable bonds is 6. The number of hydrogen-bond donors (Lipinski definition) is 1. The molecule has 3 aromatic rings. The predicted octanol–water partition coefficient (Wildman–Crippen LogP) is 3.65. The monoisotopic (exact) mass is 347 g/mol. The Bertz CT molecular complexity index is 777. The van der Waals surface area contributed by atoms with Crippen LogP contribution in [0.4, 0.5) is 4.39 Å². The highest BCUT2D eigenvalue weighted by molar-refractivity contribution is 5.85. The first-order valence-corrected chi connectivity index (χ1v) is 7.45. The minimum Gasteiger partial charge on any atom is -0.489 e. The molecule has 2 N–H and O–H groups in total. The van der Waals surface area contributed by atoms with E-state index in [1.54, 1.807) is 29.2 Å². The van der Waals surface area contributed by atoms with Gasteiger partial charge in [0.25, 0.3) is 0 Å². The average molecular weight is 348 g/mol. The van der Waals surface area contributed by atoms with Gasteiger partial charge in [-0.05, 0) is 17.7 Å². The Kier molecular flexibility index (Phi) is 6.35. The number of nitrogens with two attached hydrogens (primary N) is 1. The molecule has 0 spiro atoms. The molecular formula is C18H19ClFN3O. The van der Waals surface area contributed by atoms with Crippen LogP contribution in [-0.2, 0) is 13.2 Å². The Morgan fingerprint density at radius 2 is 1.92 bits per heavy atom. The van der Waals surface area contributed by atoms with Gasteiger partial charge in [0.2, 0.25) is 0 Å². The van der Waals surface area contributed by atoms with E-state index in [0.29, 0.717) is 31.0 Å². The molecule has 2 aromatic carbocycles. The van der Waals surface area contributed by atoms with Crippen LogP contribution in [0.2, 0.25) is 0 Å². The van der Waals surface area contributed by atoms with E-state index in [4.69, 9.17) is 10.5 Å². The molecule has 0 amide bonds. The molecule has 0 aliphatic carbocycles. The maximum atomic E-state index is 14.3. The summed E-state index contributed by atoms with van der Waals surface area (Å²) in [6.07, 6.45) is 3.42. The van der Waals surface area contributed by atoms with Gasteiger partial charge >= 0.3 is 0 Å². The zero-order chi connectivity index (χ0) is 16.1. The lowest BCUT2D eigenvalue weighted by atomic mass is 10.1. The Balaban J connectivity index is 0.00000208. The van der Waals surface area contributed by atoms with Crippen LogP contribution in [0.5, 0.6) is 5.75 Å². The zero-order valence-electron chi connectivity index (χ0n) is 13.1. The van der Waals surface area contributed by atoms with Crippen molar-refractivity contribution in [2.45, 2.75) is 13.2 Å². The van der Waals surface area contributed by atoms with Crippen molar-refractivity contribution in [1.82, 2.24) is 9.78 Å². The summed E-state index contributed by atoms with van der Waals surface area (Å²) in [6, 6.07) is 14.7. The number of halogens is 2. The van der Waals surface area contributed by atoms with Crippen molar-refractivity contribution in [3.63, 3.8) is 0 Å². The third-order valence-corrected chi connectivity index (χ3v) is 3.49. The molecule has 0 saturated carbocycles. The van der Waals surface area contributed by atoms with Gasteiger partial charge in [-0.25, -0.2) is 4.39 Å². The average Bonchev–Trinajstić information content (AvgIpc) is 3.03. The molecule has 1 aromatic heterocycles. The highest BCUT2D eigenvalue weighted by Crippen LogP contribution is 2.26. The lowest BCUT2D eigenvalue weighted by Crippen LogP contribution is -2.09. The predicted molar refractivity (Wildman–Crippen MR) is 94.7 cm³/mol. The standard InChI is InChI=1S/C18H18FN3O.ClH/c19-18-10-16(23-13-14-4-2-1-3-5-14)6-7-17(18)15-11-21-22(12-15)9-8-20;/h1-7,10-12H,8-9,13,20H2;1H. The van der Waals surface area contributed by atoms with Crippen LogP contribution in [0.15, 0.2) is 60.9 Å². The lowest BCUT2D eigenvalue weighted by molar-refractivity contribution is 0.304. The SMILES string of the molecule is Cl.NCCn1cc(-c2ccc(OCc3ccccc3)cc2F)cn1. The van der Waals surface area contributed by atoms with Gasteiger partial charge in [-0.2, -0.15) is 5.10 Å². The van der Waals surface area contributed by atoms with Crippen LogP contribution in [0.3, 0.4) is 0 Å². The lowest BCUT2D eigenvalue weighted by Gasteiger charge is -2.08. The molecular weight excluding hydrogens is 329 g/mol. The molecule has 6 heteroatoms. The third-order valence-electron chi connectivity index (χ3n) is 3.49. The molecule has 1 heterocycles. The second kappa shape index (κ2) is 8.47. The molecule has 0 bridgehead atoms. The molecule has 0 atom stereocenters. The first kappa shape index (κ1) is 18.0. The molecule has 0 aliphatic rings. The minimum absolute atomic E-state index is 0. The highest BCUT2D eigenvalue weighted by atomic mass is 35.5. The molecule has 0 aliphatic heterocycles. The zero-order valence-corrected chi connectivity index (χ0v) is 13.9. The number of hydrogen-bond acceptors (Lipinski definition) is 3. The highest BCUT2D eigenvalue weighted by Gasteiger charge is 2.09. The van der Waals surface area contributed by atoms with Crippen molar-refractivity contribution in [1.29, 1.82) is 0 Å². The van der Waals surface area contributed by atoms with Gasteiger partial charge in [0.15, 0.2) is 0 Å². The Labute approximate surface area is 146 Å². The van der Waals surface area contributed by atoms with E-state index in [1.165, 1.54) is 6.07 Å². The van der Waals surface area contributed by atoms with Crippen LogP contribution in [0, 0.1) is 5.82 Å². The fraction of sp³-hybridized carbons (Fsp3) is 0.167. The summed E-state index contributed by atoms with van der Waals surface area (Å²) >= 11 is 0. The summed E-state index contributed by atoms with van der Waals surface area (Å²) in [5.74, 6) is 0.173. The smallest absolute Gasteiger partial charge is 0.134 e. The Hall–Kier alpha value is -2.37. The molecule has 0 radical (unpaired) electrons. The summed E-state index contributed by atoms with van der Waals surface area (Å²) in [5.41, 5.74) is 7.76. The van der Waals surface area contributed by atoms with Crippen molar-refractivity contribution in [3.05, 3.63) is 72.3 Å². The summed E-state index contributed by atoms with van der Waals surface area (Å²) in [4.78, 5) is 0. The van der Waals surface area contributed by atoms with Crippen molar-refractivity contribution in [2.75, 3.05) is 6.54 Å². The fourth-order valence-corrected chi connectivity index (χ4v) is 2.32. The van der Waals surface area contributed by atoms with E-state index in [0.717, 1.165) is 11.1 Å². The van der Waals surface area contributed by atoms with Crippen molar-refractivity contribution in [2.24, 2.45) is 5.73 Å². The molecule has 0 fully saturated rings. The second-order valence-corrected chi connectivity index (χ2v) is 5.20. The van der Waals surface area contributed by atoms with Crippen LogP contribution < -0.4 is 10.5 Å². The van der Waals surface area contributed by atoms with Gasteiger partial charge in [-0.1, -0.05) is 30.3 Å². The Morgan fingerprint density at radius 1 is 1.12 bits per heavy atom. The van der Waals surface area contributed by atoms with E-state index in [1.807, 2.05) is 30.3 Å². The fourth-order valence-electron chi connectivity index (χ4n) is 2.32. The van der Waals surface area contributed by atoms with Crippen LogP contribution in [0.1, 0.15) is 5.56 Å². The van der Waals surface area contributed by atoms with E-state index < -0.39 is 0 Å². The third kappa shape index (κ3) is 4.34. The van der Waals surface area contributed by atoms with Crippen LogP contribution >= 0.6 is 12.4 Å². The number of nitrogens with zero attached hydrogens (tertiary/aromatic N) is 2. The molecule has 3 rings (SSSR count). The maximum absolute atomic E-state index is 14.3. The largest absolute Gasteiger partial charge is 0.489 e. The topological polar surface area (TPSA) is 53.1 Å². The van der Waals surface area contributed by atoms with Gasteiger partial charge in [-0.15, -0.1) is 12.4 Å². The second-order valence-electron chi connectivity index (χ2n) is 5.20. The van der Waals surface area contributed by atoms with E-state index in [2.05, 4.69) is 5.10 Å². The molecule has 24 heavy (non-hydrogen) atoms. The number of aromatic nitrogens is 2. The summed E-state index contributed by atoms with van der Waals surface area (Å²) < 4.78 is 21.6. The van der Waals surface area contributed by atoms with Crippen molar-refractivity contribution in [3.8, 4) is 16.9 Å². The first-order chi connectivity index (χ1) is 11.3. The number of benzene rings is 2. The van der Waals surface area contributed by atoms with E-state index >= 15 is 0 Å². The molecule has 4 nitrogen and oxygen atoms in total. The Morgan fingerprint density at radius 3 is 2.62 bits per heavy atom. The van der Waals surface area contributed by atoms with Gasteiger partial charge in [0.1, 0.15) is 18.2 Å². The van der Waals surface area contributed by atoms with Gasteiger partial charge < -0.3 is 10.5 Å². The van der Waals surface area contributed by atoms with Crippen molar-refractivity contribution >= 4 is 12.4 Å². The van der Waals surface area contributed by atoms with E-state index in [-0.39, 0.29) is 18.2 Å². The molecule has 126 valence electrons. The quantitative estimate of drug-likeness (QED) is 0.740. The first-order valence-electron chi connectivity index (χ1n) is 7.45. The van der Waals surface area contributed by atoms with Gasteiger partial charge in [-0.3, -0.25) is 4.68 Å². The van der Waals surface area contributed by atoms with Gasteiger partial charge in [0, 0.05) is 29.9 Å². The van der Waals surface area contributed by atoms with Crippen LogP contribution in [-0.4, -0.2) is 16.3 Å². The van der Waals surface area contributed by atoms with Crippen LogP contribution in [0.25, 0.3) is 11.1 Å².